The summed E-state index contributed by atoms with van der Waals surface area (Å²) in [6, 6.07) is 1.17. The number of Topliss-reactive ketones (excluding diaryl/α,β-unsaturated/α-hetero) is 1. The number of hydrogen-bond acceptors (Lipinski definition) is 3. The zero-order valence-corrected chi connectivity index (χ0v) is 10.6. The van der Waals surface area contributed by atoms with Crippen LogP contribution in [0.2, 0.25) is 0 Å². The highest BCUT2D eigenvalue weighted by atomic mass is 19.1. The standard InChI is InChI=1S/C13H17FO3/c1-5-6-9-12(16-3)10(8(2)15)7-11(14)13(9)17-4/h7H,5-6H2,1-4H3. The Morgan fingerprint density at radius 1 is 1.29 bits per heavy atom. The molecule has 1 aromatic carbocycles. The molecular weight excluding hydrogens is 223 g/mol. The average Bonchev–Trinajstić information content (AvgIpc) is 2.29. The summed E-state index contributed by atoms with van der Waals surface area (Å²) in [4.78, 5) is 11.4. The highest BCUT2D eigenvalue weighted by molar-refractivity contribution is 5.97. The topological polar surface area (TPSA) is 35.5 Å². The molecule has 1 aromatic rings. The molecule has 0 radical (unpaired) electrons. The van der Waals surface area contributed by atoms with E-state index in [1.807, 2.05) is 6.92 Å². The monoisotopic (exact) mass is 240 g/mol. The van der Waals surface area contributed by atoms with Crippen LogP contribution in [0.25, 0.3) is 0 Å². The maximum Gasteiger partial charge on any atom is 0.166 e. The summed E-state index contributed by atoms with van der Waals surface area (Å²) in [5.74, 6) is -0.172. The van der Waals surface area contributed by atoms with Crippen molar-refractivity contribution in [1.82, 2.24) is 0 Å². The minimum atomic E-state index is -0.526. The Morgan fingerprint density at radius 2 is 1.88 bits per heavy atom. The molecule has 0 saturated carbocycles. The van der Waals surface area contributed by atoms with Gasteiger partial charge in [0.15, 0.2) is 17.3 Å². The zero-order chi connectivity index (χ0) is 13.0. The Morgan fingerprint density at radius 3 is 2.29 bits per heavy atom. The first kappa shape index (κ1) is 13.5. The van der Waals surface area contributed by atoms with Crippen molar-refractivity contribution in [1.29, 1.82) is 0 Å². The normalized spacial score (nSPS) is 10.2. The molecule has 0 heterocycles. The van der Waals surface area contributed by atoms with Gasteiger partial charge in [0.2, 0.25) is 0 Å². The first-order valence-corrected chi connectivity index (χ1v) is 5.51. The van der Waals surface area contributed by atoms with Gasteiger partial charge in [0, 0.05) is 5.56 Å². The van der Waals surface area contributed by atoms with Gasteiger partial charge in [0.25, 0.3) is 0 Å². The van der Waals surface area contributed by atoms with E-state index >= 15 is 0 Å². The lowest BCUT2D eigenvalue weighted by atomic mass is 10.0. The molecule has 94 valence electrons. The van der Waals surface area contributed by atoms with Crippen molar-refractivity contribution in [2.75, 3.05) is 14.2 Å². The van der Waals surface area contributed by atoms with Crippen LogP contribution in [0.1, 0.15) is 36.2 Å². The van der Waals surface area contributed by atoms with Gasteiger partial charge in [-0.1, -0.05) is 13.3 Å². The van der Waals surface area contributed by atoms with Crippen LogP contribution >= 0.6 is 0 Å². The summed E-state index contributed by atoms with van der Waals surface area (Å²) >= 11 is 0. The third-order valence-electron chi connectivity index (χ3n) is 2.57. The second-order valence-electron chi connectivity index (χ2n) is 3.76. The van der Waals surface area contributed by atoms with Crippen LogP contribution in [0.15, 0.2) is 6.07 Å². The quantitative estimate of drug-likeness (QED) is 0.742. The fraction of sp³-hybridized carbons (Fsp3) is 0.462. The van der Waals surface area contributed by atoms with Crippen molar-refractivity contribution in [3.63, 3.8) is 0 Å². The largest absolute Gasteiger partial charge is 0.496 e. The van der Waals surface area contributed by atoms with Gasteiger partial charge < -0.3 is 9.47 Å². The van der Waals surface area contributed by atoms with Crippen molar-refractivity contribution >= 4 is 5.78 Å². The highest BCUT2D eigenvalue weighted by Crippen LogP contribution is 2.36. The van der Waals surface area contributed by atoms with Crippen molar-refractivity contribution < 1.29 is 18.7 Å². The molecule has 1 rings (SSSR count). The van der Waals surface area contributed by atoms with Crippen LogP contribution < -0.4 is 9.47 Å². The molecule has 0 bridgehead atoms. The second-order valence-corrected chi connectivity index (χ2v) is 3.76. The van der Waals surface area contributed by atoms with Crippen molar-refractivity contribution in [3.8, 4) is 11.5 Å². The Bertz CT molecular complexity index is 427. The molecule has 0 amide bonds. The van der Waals surface area contributed by atoms with Gasteiger partial charge in [0.05, 0.1) is 19.8 Å². The molecule has 0 aliphatic heterocycles. The summed E-state index contributed by atoms with van der Waals surface area (Å²) in [6.45, 7) is 3.36. The molecule has 3 nitrogen and oxygen atoms in total. The summed E-state index contributed by atoms with van der Waals surface area (Å²) in [5.41, 5.74) is 0.872. The Kier molecular flexibility index (Phi) is 4.49. The number of methoxy groups -OCH3 is 2. The fourth-order valence-electron chi connectivity index (χ4n) is 1.86. The molecule has 17 heavy (non-hydrogen) atoms. The number of ether oxygens (including phenoxy) is 2. The third-order valence-corrected chi connectivity index (χ3v) is 2.57. The van der Waals surface area contributed by atoms with Crippen LogP contribution in [-0.2, 0) is 6.42 Å². The smallest absolute Gasteiger partial charge is 0.166 e. The Labute approximate surface area is 101 Å². The van der Waals surface area contributed by atoms with Crippen LogP contribution in [-0.4, -0.2) is 20.0 Å². The van der Waals surface area contributed by atoms with Gasteiger partial charge in [-0.05, 0) is 19.4 Å². The van der Waals surface area contributed by atoms with Crippen LogP contribution in [0, 0.1) is 5.82 Å². The third kappa shape index (κ3) is 2.57. The molecule has 0 aliphatic carbocycles. The molecule has 0 saturated heterocycles. The molecular formula is C13H17FO3. The summed E-state index contributed by atoms with van der Waals surface area (Å²) in [6.07, 6.45) is 1.41. The molecule has 0 aromatic heterocycles. The van der Waals surface area contributed by atoms with E-state index in [-0.39, 0.29) is 17.1 Å². The van der Waals surface area contributed by atoms with Crippen LogP contribution in [0.4, 0.5) is 4.39 Å². The maximum atomic E-state index is 13.8. The lowest BCUT2D eigenvalue weighted by molar-refractivity contribution is 0.101. The summed E-state index contributed by atoms with van der Waals surface area (Å²) < 4.78 is 24.0. The lowest BCUT2D eigenvalue weighted by Gasteiger charge is -2.16. The average molecular weight is 240 g/mol. The van der Waals surface area contributed by atoms with Crippen LogP contribution in [0.3, 0.4) is 0 Å². The molecule has 4 heteroatoms. The summed E-state index contributed by atoms with van der Waals surface area (Å²) in [7, 11) is 2.88. The van der Waals surface area contributed by atoms with Crippen molar-refractivity contribution in [2.45, 2.75) is 26.7 Å². The molecule has 0 unspecified atom stereocenters. The molecule has 0 aliphatic rings. The van der Waals surface area contributed by atoms with E-state index in [1.165, 1.54) is 27.2 Å². The zero-order valence-electron chi connectivity index (χ0n) is 10.6. The van der Waals surface area contributed by atoms with E-state index in [0.717, 1.165) is 6.42 Å². The predicted octanol–water partition coefficient (Wildman–Crippen LogP) is 3.00. The number of rotatable bonds is 5. The van der Waals surface area contributed by atoms with E-state index in [9.17, 15) is 9.18 Å². The Balaban J connectivity index is 3.52. The van der Waals surface area contributed by atoms with Gasteiger partial charge in [-0.2, -0.15) is 0 Å². The van der Waals surface area contributed by atoms with Crippen LogP contribution in [0.5, 0.6) is 11.5 Å². The highest BCUT2D eigenvalue weighted by Gasteiger charge is 2.21. The van der Waals surface area contributed by atoms with Gasteiger partial charge >= 0.3 is 0 Å². The predicted molar refractivity (Wildman–Crippen MR) is 63.5 cm³/mol. The number of ketones is 1. The number of carbonyl (C=O) groups is 1. The second kappa shape index (κ2) is 5.66. The molecule has 0 fully saturated rings. The van der Waals surface area contributed by atoms with E-state index in [0.29, 0.717) is 17.7 Å². The van der Waals surface area contributed by atoms with E-state index in [4.69, 9.17) is 9.47 Å². The van der Waals surface area contributed by atoms with E-state index in [1.54, 1.807) is 0 Å². The van der Waals surface area contributed by atoms with Gasteiger partial charge in [0.1, 0.15) is 5.75 Å². The van der Waals surface area contributed by atoms with Gasteiger partial charge in [-0.3, -0.25) is 4.79 Å². The minimum Gasteiger partial charge on any atom is -0.496 e. The number of hydrogen-bond donors (Lipinski definition) is 0. The van der Waals surface area contributed by atoms with Crippen molar-refractivity contribution in [2.24, 2.45) is 0 Å². The van der Waals surface area contributed by atoms with Gasteiger partial charge in [-0.25, -0.2) is 4.39 Å². The number of halogens is 1. The molecule has 0 spiro atoms. The number of carbonyl (C=O) groups excluding carboxylic acids is 1. The molecule has 0 N–H and O–H groups in total. The van der Waals surface area contributed by atoms with E-state index in [2.05, 4.69) is 0 Å². The van der Waals surface area contributed by atoms with Crippen molar-refractivity contribution in [3.05, 3.63) is 23.0 Å². The summed E-state index contributed by atoms with van der Waals surface area (Å²) in [5, 5.41) is 0. The van der Waals surface area contributed by atoms with E-state index < -0.39 is 5.82 Å². The number of benzene rings is 1. The maximum absolute atomic E-state index is 13.8. The Hall–Kier alpha value is -1.58. The molecule has 0 atom stereocenters. The first-order chi connectivity index (χ1) is 8.06. The SMILES string of the molecule is CCCc1c(OC)c(F)cc(C(C)=O)c1OC. The first-order valence-electron chi connectivity index (χ1n) is 5.51. The fourth-order valence-corrected chi connectivity index (χ4v) is 1.86. The van der Waals surface area contributed by atoms with Gasteiger partial charge in [-0.15, -0.1) is 0 Å². The minimum absolute atomic E-state index is 0.161. The lowest BCUT2D eigenvalue weighted by Crippen LogP contribution is -2.06.